The average Bonchev–Trinajstić information content (AvgIpc) is 3.40. The Kier molecular flexibility index (Phi) is 6.36. The van der Waals surface area contributed by atoms with Crippen molar-refractivity contribution in [3.05, 3.63) is 70.4 Å². The molecule has 0 amide bonds. The van der Waals surface area contributed by atoms with Gasteiger partial charge in [-0.3, -0.25) is 0 Å². The molecule has 0 bridgehead atoms. The topological polar surface area (TPSA) is 52.1 Å². The van der Waals surface area contributed by atoms with Gasteiger partial charge < -0.3 is 8.83 Å². The van der Waals surface area contributed by atoms with Gasteiger partial charge in [-0.1, -0.05) is 12.1 Å². The summed E-state index contributed by atoms with van der Waals surface area (Å²) in [6.07, 6.45) is -21.0. The molecule has 2 aromatic heterocycles. The summed E-state index contributed by atoms with van der Waals surface area (Å²) in [6.45, 7) is 2.37. The van der Waals surface area contributed by atoms with Crippen LogP contribution in [0.1, 0.15) is 34.0 Å². The summed E-state index contributed by atoms with van der Waals surface area (Å²) in [5, 5.41) is 0. The Morgan fingerprint density at radius 3 is 1.12 bits per heavy atom. The fourth-order valence-electron chi connectivity index (χ4n) is 4.59. The number of halogens is 12. The Morgan fingerprint density at radius 2 is 0.833 bits per heavy atom. The van der Waals surface area contributed by atoms with E-state index in [1.165, 1.54) is 13.8 Å². The molecule has 16 heteroatoms. The van der Waals surface area contributed by atoms with Crippen LogP contribution >= 0.6 is 0 Å². The van der Waals surface area contributed by atoms with Gasteiger partial charge >= 0.3 is 24.7 Å². The van der Waals surface area contributed by atoms with Gasteiger partial charge in [0.2, 0.25) is 0 Å². The predicted molar refractivity (Wildman–Crippen MR) is 122 cm³/mol. The predicted octanol–water partition coefficient (Wildman–Crippen LogP) is 10.00. The molecule has 0 saturated heterocycles. The number of alkyl halides is 12. The zero-order valence-corrected chi connectivity index (χ0v) is 20.7. The molecule has 0 aliphatic heterocycles. The SMILES string of the molecule is Cc1nc2c(-c3ccc(C(F)(F)F)cc3C(F)(F)F)c3oc(C)nc3c(-c3ccc(C(F)(F)F)cc3C(F)(F)F)c2o1. The summed E-state index contributed by atoms with van der Waals surface area (Å²) in [7, 11) is 0. The van der Waals surface area contributed by atoms with Crippen molar-refractivity contribution in [3.8, 4) is 22.3 Å². The summed E-state index contributed by atoms with van der Waals surface area (Å²) >= 11 is 0. The first kappa shape index (κ1) is 29.3. The normalized spacial score (nSPS) is 13.5. The van der Waals surface area contributed by atoms with E-state index in [0.29, 0.717) is 24.3 Å². The number of aryl methyl sites for hydroxylation is 2. The maximum atomic E-state index is 14.1. The highest BCUT2D eigenvalue weighted by molar-refractivity contribution is 6.16. The van der Waals surface area contributed by atoms with Crippen LogP contribution in [0.5, 0.6) is 0 Å². The van der Waals surface area contributed by atoms with Crippen LogP contribution in [0.4, 0.5) is 52.7 Å². The second-order valence-corrected chi connectivity index (χ2v) is 9.08. The second kappa shape index (κ2) is 9.13. The van der Waals surface area contributed by atoms with E-state index in [0.717, 1.165) is 0 Å². The summed E-state index contributed by atoms with van der Waals surface area (Å²) in [6, 6.07) is 1.44. The van der Waals surface area contributed by atoms with E-state index in [-0.39, 0.29) is 23.9 Å². The number of fused-ring (bicyclic) bond motifs is 2. The Balaban J connectivity index is 1.95. The van der Waals surface area contributed by atoms with Crippen molar-refractivity contribution in [1.29, 1.82) is 0 Å². The molecule has 42 heavy (non-hydrogen) atoms. The number of rotatable bonds is 2. The molecule has 0 fully saturated rings. The van der Waals surface area contributed by atoms with Gasteiger partial charge in [-0.05, 0) is 24.3 Å². The van der Waals surface area contributed by atoms with Gasteiger partial charge in [0.15, 0.2) is 22.9 Å². The molecule has 0 aliphatic carbocycles. The summed E-state index contributed by atoms with van der Waals surface area (Å²) in [5.74, 6) is -0.587. The van der Waals surface area contributed by atoms with Crippen molar-refractivity contribution >= 4 is 22.2 Å². The summed E-state index contributed by atoms with van der Waals surface area (Å²) in [5.41, 5.74) is -12.1. The summed E-state index contributed by atoms with van der Waals surface area (Å²) in [4.78, 5) is 7.95. The molecule has 0 radical (unpaired) electrons. The number of nitrogens with zero attached hydrogens (tertiary/aromatic N) is 2. The molecule has 2 heterocycles. The van der Waals surface area contributed by atoms with Crippen molar-refractivity contribution < 1.29 is 61.5 Å². The van der Waals surface area contributed by atoms with Crippen molar-refractivity contribution in [2.75, 3.05) is 0 Å². The largest absolute Gasteiger partial charge is 0.440 e. The molecule has 0 aliphatic rings. The highest BCUT2D eigenvalue weighted by Gasteiger charge is 2.42. The zero-order valence-electron chi connectivity index (χ0n) is 20.7. The van der Waals surface area contributed by atoms with Crippen molar-refractivity contribution in [1.82, 2.24) is 9.97 Å². The van der Waals surface area contributed by atoms with Gasteiger partial charge in [-0.25, -0.2) is 9.97 Å². The van der Waals surface area contributed by atoms with Crippen LogP contribution < -0.4 is 0 Å². The average molecular weight is 612 g/mol. The first-order valence-electron chi connectivity index (χ1n) is 11.5. The minimum atomic E-state index is -5.36. The first-order valence-corrected chi connectivity index (χ1v) is 11.5. The monoisotopic (exact) mass is 612 g/mol. The zero-order chi connectivity index (χ0) is 31.2. The summed E-state index contributed by atoms with van der Waals surface area (Å²) < 4.78 is 175. The van der Waals surface area contributed by atoms with Gasteiger partial charge in [-0.15, -0.1) is 0 Å². The fraction of sp³-hybridized carbons (Fsp3) is 0.231. The molecule has 5 rings (SSSR count). The number of hydrogen-bond acceptors (Lipinski definition) is 4. The minimum Gasteiger partial charge on any atom is -0.440 e. The molecule has 3 aromatic carbocycles. The molecule has 0 spiro atoms. The van der Waals surface area contributed by atoms with Crippen LogP contribution in [-0.2, 0) is 24.7 Å². The van der Waals surface area contributed by atoms with Gasteiger partial charge in [0.1, 0.15) is 11.0 Å². The molecule has 0 unspecified atom stereocenters. The molecule has 0 saturated carbocycles. The smallest absolute Gasteiger partial charge is 0.417 e. The molecule has 0 atom stereocenters. The third-order valence-corrected chi connectivity index (χ3v) is 6.24. The second-order valence-electron chi connectivity index (χ2n) is 9.08. The van der Waals surface area contributed by atoms with E-state index >= 15 is 0 Å². The third-order valence-electron chi connectivity index (χ3n) is 6.24. The first-order chi connectivity index (χ1) is 19.2. The minimum absolute atomic E-state index is 0.144. The maximum Gasteiger partial charge on any atom is 0.417 e. The molecule has 222 valence electrons. The number of hydrogen-bond donors (Lipinski definition) is 0. The lowest BCUT2D eigenvalue weighted by molar-refractivity contribution is -0.144. The Morgan fingerprint density at radius 1 is 0.500 bits per heavy atom. The van der Waals surface area contributed by atoms with Gasteiger partial charge in [0.25, 0.3) is 0 Å². The number of benzene rings is 3. The van der Waals surface area contributed by atoms with Crippen molar-refractivity contribution in [2.24, 2.45) is 0 Å². The van der Waals surface area contributed by atoms with Crippen LogP contribution in [0.2, 0.25) is 0 Å². The van der Waals surface area contributed by atoms with E-state index in [9.17, 15) is 52.7 Å². The Labute approximate surface area is 225 Å². The molecular weight excluding hydrogens is 600 g/mol. The fourth-order valence-corrected chi connectivity index (χ4v) is 4.59. The third kappa shape index (κ3) is 4.91. The van der Waals surface area contributed by atoms with E-state index in [1.807, 2.05) is 0 Å². The van der Waals surface area contributed by atoms with Crippen LogP contribution in [0.25, 0.3) is 44.5 Å². The van der Waals surface area contributed by atoms with Gasteiger partial charge in [0.05, 0.1) is 33.4 Å². The van der Waals surface area contributed by atoms with Crippen LogP contribution in [-0.4, -0.2) is 9.97 Å². The standard InChI is InChI=1S/C26H12F12N2O2/c1-9-39-19-17(13-5-3-11(23(27,28)29)7-15(13)25(33,34)35)22-20(40-10(2)42-22)18(21(19)41-9)14-6-4-12(24(30,31)32)8-16(14)26(36,37)38/h3-8H,1-2H3. The highest BCUT2D eigenvalue weighted by atomic mass is 19.4. The van der Waals surface area contributed by atoms with Crippen molar-refractivity contribution in [3.63, 3.8) is 0 Å². The Hall–Kier alpha value is -4.24. The van der Waals surface area contributed by atoms with E-state index < -0.39 is 91.4 Å². The van der Waals surface area contributed by atoms with Crippen LogP contribution in [0.15, 0.2) is 45.2 Å². The maximum absolute atomic E-state index is 14.1. The lowest BCUT2D eigenvalue weighted by Gasteiger charge is -2.18. The quantitative estimate of drug-likeness (QED) is 0.186. The van der Waals surface area contributed by atoms with Gasteiger partial charge in [0, 0.05) is 25.0 Å². The molecule has 5 aromatic rings. The Bertz CT molecular complexity index is 1670. The van der Waals surface area contributed by atoms with E-state index in [2.05, 4.69) is 9.97 Å². The molecule has 0 N–H and O–H groups in total. The lowest BCUT2D eigenvalue weighted by atomic mass is 9.90. The molecular formula is C26H12F12N2O2. The number of aromatic nitrogens is 2. The highest BCUT2D eigenvalue weighted by Crippen LogP contribution is 2.50. The van der Waals surface area contributed by atoms with Crippen molar-refractivity contribution in [2.45, 2.75) is 38.6 Å². The van der Waals surface area contributed by atoms with Crippen LogP contribution in [0, 0.1) is 13.8 Å². The number of oxazole rings is 2. The van der Waals surface area contributed by atoms with E-state index in [4.69, 9.17) is 8.83 Å². The lowest BCUT2D eigenvalue weighted by Crippen LogP contribution is -2.13. The van der Waals surface area contributed by atoms with E-state index in [1.54, 1.807) is 0 Å². The van der Waals surface area contributed by atoms with Crippen LogP contribution in [0.3, 0.4) is 0 Å². The van der Waals surface area contributed by atoms with Gasteiger partial charge in [-0.2, -0.15) is 52.7 Å². The molecule has 4 nitrogen and oxygen atoms in total.